The van der Waals surface area contributed by atoms with Crippen molar-refractivity contribution in [2.24, 2.45) is 0 Å². The van der Waals surface area contributed by atoms with Crippen LogP contribution in [-0.4, -0.2) is 49.3 Å². The number of nitrogens with zero attached hydrogens (tertiary/aromatic N) is 2. The van der Waals surface area contributed by atoms with Crippen LogP contribution in [0, 0.1) is 6.92 Å². The maximum atomic E-state index is 12.2. The third-order valence-electron chi connectivity index (χ3n) is 6.09. The zero-order valence-corrected chi connectivity index (χ0v) is 18.9. The van der Waals surface area contributed by atoms with E-state index in [-0.39, 0.29) is 17.4 Å². The van der Waals surface area contributed by atoms with Crippen LogP contribution < -0.4 is 19.8 Å². The lowest BCUT2D eigenvalue weighted by atomic mass is 9.86. The van der Waals surface area contributed by atoms with Gasteiger partial charge in [-0.15, -0.1) is 0 Å². The van der Waals surface area contributed by atoms with E-state index in [2.05, 4.69) is 27.0 Å². The number of hydrogen-bond donors (Lipinski definition) is 1. The highest BCUT2D eigenvalue weighted by Gasteiger charge is 2.36. The van der Waals surface area contributed by atoms with Crippen molar-refractivity contribution < 1.29 is 14.2 Å². The van der Waals surface area contributed by atoms with Crippen LogP contribution in [0.25, 0.3) is 0 Å². The number of rotatable bonds is 7. The smallest absolute Gasteiger partial charge is 0.251 e. The second-order valence-corrected chi connectivity index (χ2v) is 8.11. The zero-order chi connectivity index (χ0) is 22.7. The number of aryl methyl sites for hydroxylation is 1. The fourth-order valence-electron chi connectivity index (χ4n) is 4.52. The van der Waals surface area contributed by atoms with Gasteiger partial charge in [-0.2, -0.15) is 0 Å². The van der Waals surface area contributed by atoms with Crippen molar-refractivity contribution in [1.29, 1.82) is 0 Å². The number of aromatic amines is 1. The highest BCUT2D eigenvalue weighted by molar-refractivity contribution is 5.41. The Balaban J connectivity index is 1.65. The van der Waals surface area contributed by atoms with Crippen molar-refractivity contribution in [2.45, 2.75) is 25.3 Å². The molecule has 4 rings (SSSR count). The molecule has 0 radical (unpaired) electrons. The van der Waals surface area contributed by atoms with Gasteiger partial charge in [0.05, 0.1) is 27.0 Å². The molecular formula is C25H29N3O4. The first-order chi connectivity index (χ1) is 15.5. The average molecular weight is 436 g/mol. The van der Waals surface area contributed by atoms with Gasteiger partial charge >= 0.3 is 0 Å². The van der Waals surface area contributed by atoms with E-state index in [1.54, 1.807) is 27.4 Å². The first kappa shape index (κ1) is 21.9. The molecule has 7 heteroatoms. The van der Waals surface area contributed by atoms with E-state index in [4.69, 9.17) is 14.2 Å². The molecule has 3 aromatic rings. The van der Waals surface area contributed by atoms with E-state index in [1.165, 1.54) is 5.56 Å². The lowest BCUT2D eigenvalue weighted by Crippen LogP contribution is -2.21. The molecule has 2 heterocycles. The molecule has 0 amide bonds. The lowest BCUT2D eigenvalue weighted by molar-refractivity contribution is 0.313. The van der Waals surface area contributed by atoms with Gasteiger partial charge < -0.3 is 19.2 Å². The molecule has 1 aliphatic heterocycles. The molecule has 168 valence electrons. The molecule has 0 unspecified atom stereocenters. The number of benzene rings is 2. The van der Waals surface area contributed by atoms with Crippen LogP contribution in [0.2, 0.25) is 0 Å². The summed E-state index contributed by atoms with van der Waals surface area (Å²) in [6.07, 6.45) is 0. The molecule has 0 spiro atoms. The Hall–Kier alpha value is -3.32. The van der Waals surface area contributed by atoms with Crippen LogP contribution in [0.1, 0.15) is 34.5 Å². The first-order valence-electron chi connectivity index (χ1n) is 10.7. The zero-order valence-electron chi connectivity index (χ0n) is 18.9. The Morgan fingerprint density at radius 1 is 0.938 bits per heavy atom. The third kappa shape index (κ3) is 4.62. The van der Waals surface area contributed by atoms with E-state index >= 15 is 0 Å². The van der Waals surface area contributed by atoms with Gasteiger partial charge in [-0.1, -0.05) is 18.2 Å². The van der Waals surface area contributed by atoms with E-state index < -0.39 is 0 Å². The minimum atomic E-state index is -0.115. The fourth-order valence-corrected chi connectivity index (χ4v) is 4.52. The minimum Gasteiger partial charge on any atom is -0.497 e. The molecule has 2 atom stereocenters. The Labute approximate surface area is 188 Å². The number of hydrogen-bond acceptors (Lipinski definition) is 6. The topological polar surface area (TPSA) is 76.7 Å². The monoisotopic (exact) mass is 435 g/mol. The van der Waals surface area contributed by atoms with Crippen molar-refractivity contribution in [3.05, 3.63) is 81.5 Å². The summed E-state index contributed by atoms with van der Waals surface area (Å²) in [5.74, 6) is 3.35. The van der Waals surface area contributed by atoms with Crippen LogP contribution >= 0.6 is 0 Å². The van der Waals surface area contributed by atoms with Gasteiger partial charge in [-0.3, -0.25) is 9.69 Å². The minimum absolute atomic E-state index is 0.105. The third-order valence-corrected chi connectivity index (χ3v) is 6.09. The quantitative estimate of drug-likeness (QED) is 0.612. The Bertz CT molecular complexity index is 1130. The van der Waals surface area contributed by atoms with Crippen LogP contribution in [0.3, 0.4) is 0 Å². The van der Waals surface area contributed by atoms with Crippen LogP contribution in [0.15, 0.2) is 53.3 Å². The fraction of sp³-hybridized carbons (Fsp3) is 0.360. The second kappa shape index (κ2) is 9.44. The molecule has 1 fully saturated rings. The molecule has 0 bridgehead atoms. The summed E-state index contributed by atoms with van der Waals surface area (Å²) in [5, 5.41) is 0. The summed E-state index contributed by atoms with van der Waals surface area (Å²) in [6.45, 7) is 4.20. The second-order valence-electron chi connectivity index (χ2n) is 8.11. The van der Waals surface area contributed by atoms with Crippen molar-refractivity contribution in [2.75, 3.05) is 34.4 Å². The normalized spacial score (nSPS) is 18.5. The summed E-state index contributed by atoms with van der Waals surface area (Å²) in [5.41, 5.74) is 3.02. The molecule has 2 aromatic carbocycles. The maximum absolute atomic E-state index is 12.2. The van der Waals surface area contributed by atoms with Gasteiger partial charge in [-0.05, 0) is 30.7 Å². The molecule has 1 aliphatic rings. The van der Waals surface area contributed by atoms with E-state index in [1.807, 2.05) is 37.3 Å². The molecule has 32 heavy (non-hydrogen) atoms. The summed E-state index contributed by atoms with van der Waals surface area (Å²) in [4.78, 5) is 22.0. The number of nitrogens with one attached hydrogen (secondary N) is 1. The van der Waals surface area contributed by atoms with E-state index in [9.17, 15) is 4.79 Å². The standard InChI is InChI=1S/C25H29N3O4/c1-16-26-23(12-25(29)27-16)22-15-28(13-18-7-10-20(31-3)11-24(18)32-4)14-21(22)17-5-8-19(30-2)9-6-17/h5-12,21-22H,13-15H2,1-4H3,(H,26,27,29)/t21-,22+/m0/s1. The van der Waals surface area contributed by atoms with Crippen molar-refractivity contribution in [1.82, 2.24) is 14.9 Å². The van der Waals surface area contributed by atoms with Crippen LogP contribution in [0.5, 0.6) is 17.2 Å². The molecule has 1 aromatic heterocycles. The predicted octanol–water partition coefficient (Wildman–Crippen LogP) is 3.49. The summed E-state index contributed by atoms with van der Waals surface area (Å²) < 4.78 is 16.3. The largest absolute Gasteiger partial charge is 0.497 e. The molecule has 1 saturated heterocycles. The predicted molar refractivity (Wildman–Crippen MR) is 123 cm³/mol. The molecule has 1 N–H and O–H groups in total. The van der Waals surface area contributed by atoms with Crippen molar-refractivity contribution in [3.8, 4) is 17.2 Å². The van der Waals surface area contributed by atoms with Crippen molar-refractivity contribution in [3.63, 3.8) is 0 Å². The van der Waals surface area contributed by atoms with Crippen molar-refractivity contribution >= 4 is 0 Å². The van der Waals surface area contributed by atoms with Gasteiger partial charge in [0.25, 0.3) is 5.56 Å². The van der Waals surface area contributed by atoms with Crippen LogP contribution in [0.4, 0.5) is 0 Å². The van der Waals surface area contributed by atoms with Gasteiger partial charge in [0.2, 0.25) is 0 Å². The summed E-state index contributed by atoms with van der Waals surface area (Å²) >= 11 is 0. The summed E-state index contributed by atoms with van der Waals surface area (Å²) in [7, 11) is 4.99. The maximum Gasteiger partial charge on any atom is 0.251 e. The SMILES string of the molecule is COc1ccc([C@@H]2CN(Cc3ccc(OC)cc3OC)C[C@H]2c2cc(=O)[nH]c(C)n2)cc1. The van der Waals surface area contributed by atoms with E-state index in [0.29, 0.717) is 5.82 Å². The van der Waals surface area contributed by atoms with E-state index in [0.717, 1.165) is 48.1 Å². The lowest BCUT2D eigenvalue weighted by Gasteiger charge is -2.19. The van der Waals surface area contributed by atoms with Gasteiger partial charge in [0.15, 0.2) is 0 Å². The number of methoxy groups -OCH3 is 3. The van der Waals surface area contributed by atoms with Gasteiger partial charge in [-0.25, -0.2) is 4.98 Å². The van der Waals surface area contributed by atoms with Gasteiger partial charge in [0, 0.05) is 49.2 Å². The molecular weight excluding hydrogens is 406 g/mol. The summed E-state index contributed by atoms with van der Waals surface area (Å²) in [6, 6.07) is 15.7. The molecule has 0 aliphatic carbocycles. The van der Waals surface area contributed by atoms with Gasteiger partial charge in [0.1, 0.15) is 23.1 Å². The Kier molecular flexibility index (Phi) is 6.46. The van der Waals surface area contributed by atoms with Crippen LogP contribution in [-0.2, 0) is 6.54 Å². The number of ether oxygens (including phenoxy) is 3. The number of aromatic nitrogens is 2. The average Bonchev–Trinajstić information content (AvgIpc) is 3.22. The number of likely N-dealkylation sites (tertiary alicyclic amines) is 1. The molecule has 0 saturated carbocycles. The number of H-pyrrole nitrogens is 1. The highest BCUT2D eigenvalue weighted by atomic mass is 16.5. The first-order valence-corrected chi connectivity index (χ1v) is 10.7. The highest BCUT2D eigenvalue weighted by Crippen LogP contribution is 2.40. The Morgan fingerprint density at radius 2 is 1.62 bits per heavy atom. The Morgan fingerprint density at radius 3 is 2.28 bits per heavy atom. The molecule has 7 nitrogen and oxygen atoms in total.